The van der Waals surface area contributed by atoms with Crippen molar-refractivity contribution in [3.63, 3.8) is 0 Å². The first-order valence-electron chi connectivity index (χ1n) is 5.88. The van der Waals surface area contributed by atoms with Gasteiger partial charge in [-0.2, -0.15) is 0 Å². The molecule has 0 spiro atoms. The Kier molecular flexibility index (Phi) is 2.91. The first-order chi connectivity index (χ1) is 7.86. The van der Waals surface area contributed by atoms with Gasteiger partial charge < -0.3 is 14.6 Å². The number of hydrogen-bond acceptors (Lipinski definition) is 4. The highest BCUT2D eigenvalue weighted by atomic mass is 32.2. The monoisotopic (exact) mass is 239 g/mol. The fraction of sp³-hybridized carbons (Fsp3) is 0.727. The van der Waals surface area contributed by atoms with Gasteiger partial charge in [-0.05, 0) is 19.9 Å². The van der Waals surface area contributed by atoms with Crippen LogP contribution < -0.4 is 5.32 Å². The summed E-state index contributed by atoms with van der Waals surface area (Å²) in [6.07, 6.45) is 1.28. The van der Waals surface area contributed by atoms with Crippen LogP contribution >= 0.6 is 11.8 Å². The second-order valence-electron chi connectivity index (χ2n) is 4.26. The van der Waals surface area contributed by atoms with Crippen LogP contribution in [0.5, 0.6) is 0 Å². The van der Waals surface area contributed by atoms with E-state index in [4.69, 9.17) is 4.74 Å². The standard InChI is InChI=1S/C11H17N3OS/c1-8-10(9-2-3-12-4-6-15-9)14-5-7-16-11(14)13-8/h9,12H,2-7H2,1H3. The predicted molar refractivity (Wildman–Crippen MR) is 63.9 cm³/mol. The zero-order chi connectivity index (χ0) is 11.0. The Balaban J connectivity index is 1.92. The largest absolute Gasteiger partial charge is 0.371 e. The van der Waals surface area contributed by atoms with Crippen molar-refractivity contribution in [3.8, 4) is 0 Å². The highest BCUT2D eigenvalue weighted by Crippen LogP contribution is 2.33. The molecule has 0 bridgehead atoms. The summed E-state index contributed by atoms with van der Waals surface area (Å²) in [5.41, 5.74) is 2.46. The maximum absolute atomic E-state index is 5.92. The van der Waals surface area contributed by atoms with Crippen LogP contribution in [0.3, 0.4) is 0 Å². The molecule has 1 fully saturated rings. The third-order valence-electron chi connectivity index (χ3n) is 3.19. The average molecular weight is 239 g/mol. The summed E-state index contributed by atoms with van der Waals surface area (Å²) in [7, 11) is 0. The number of aryl methyl sites for hydroxylation is 1. The van der Waals surface area contributed by atoms with Crippen molar-refractivity contribution in [1.29, 1.82) is 0 Å². The average Bonchev–Trinajstić information content (AvgIpc) is 2.70. The molecule has 0 aliphatic carbocycles. The number of fused-ring (bicyclic) bond motifs is 1. The van der Waals surface area contributed by atoms with Crippen molar-refractivity contribution >= 4 is 11.8 Å². The second-order valence-corrected chi connectivity index (χ2v) is 5.33. The Morgan fingerprint density at radius 1 is 1.50 bits per heavy atom. The van der Waals surface area contributed by atoms with Gasteiger partial charge in [-0.15, -0.1) is 0 Å². The maximum Gasteiger partial charge on any atom is 0.168 e. The van der Waals surface area contributed by atoms with E-state index in [2.05, 4.69) is 21.8 Å². The summed E-state index contributed by atoms with van der Waals surface area (Å²) in [5.74, 6) is 1.15. The van der Waals surface area contributed by atoms with E-state index in [1.165, 1.54) is 10.9 Å². The number of rotatable bonds is 1. The highest BCUT2D eigenvalue weighted by molar-refractivity contribution is 7.99. The molecule has 5 heteroatoms. The van der Waals surface area contributed by atoms with E-state index in [1.54, 1.807) is 0 Å². The van der Waals surface area contributed by atoms with Gasteiger partial charge in [-0.25, -0.2) is 4.98 Å². The lowest BCUT2D eigenvalue weighted by Gasteiger charge is -2.16. The van der Waals surface area contributed by atoms with E-state index in [0.29, 0.717) is 0 Å². The van der Waals surface area contributed by atoms with Gasteiger partial charge in [0.15, 0.2) is 5.16 Å². The fourth-order valence-electron chi connectivity index (χ4n) is 2.45. The van der Waals surface area contributed by atoms with Gasteiger partial charge in [0, 0.05) is 18.8 Å². The molecular formula is C11H17N3OS. The summed E-state index contributed by atoms with van der Waals surface area (Å²) >= 11 is 1.85. The first kappa shape index (κ1) is 10.6. The summed E-state index contributed by atoms with van der Waals surface area (Å²) in [6.45, 7) is 5.99. The Morgan fingerprint density at radius 2 is 2.44 bits per heavy atom. The number of ether oxygens (including phenoxy) is 1. The smallest absolute Gasteiger partial charge is 0.168 e. The van der Waals surface area contributed by atoms with E-state index >= 15 is 0 Å². The molecule has 1 aromatic heterocycles. The molecule has 0 amide bonds. The molecule has 0 aromatic carbocycles. The molecule has 0 radical (unpaired) electrons. The SMILES string of the molecule is Cc1nc2n(c1C1CCNCCO1)CCS2. The lowest BCUT2D eigenvalue weighted by atomic mass is 10.1. The van der Waals surface area contributed by atoms with Crippen molar-refractivity contribution < 1.29 is 4.74 Å². The van der Waals surface area contributed by atoms with Gasteiger partial charge in [-0.1, -0.05) is 11.8 Å². The number of nitrogens with zero attached hydrogens (tertiary/aromatic N) is 2. The van der Waals surface area contributed by atoms with E-state index in [-0.39, 0.29) is 6.10 Å². The molecule has 1 saturated heterocycles. The van der Waals surface area contributed by atoms with Gasteiger partial charge in [0.25, 0.3) is 0 Å². The van der Waals surface area contributed by atoms with E-state index in [0.717, 1.165) is 44.1 Å². The first-order valence-corrected chi connectivity index (χ1v) is 6.87. The number of aromatic nitrogens is 2. The minimum absolute atomic E-state index is 0.231. The minimum atomic E-state index is 0.231. The quantitative estimate of drug-likeness (QED) is 0.803. The third kappa shape index (κ3) is 1.77. The molecule has 88 valence electrons. The Labute approximate surface area is 99.8 Å². The molecule has 16 heavy (non-hydrogen) atoms. The predicted octanol–water partition coefficient (Wildman–Crippen LogP) is 1.35. The Hall–Kier alpha value is -0.520. The van der Waals surface area contributed by atoms with E-state index < -0.39 is 0 Å². The molecule has 4 nitrogen and oxygen atoms in total. The molecule has 3 heterocycles. The van der Waals surface area contributed by atoms with Crippen molar-refractivity contribution in [1.82, 2.24) is 14.9 Å². The summed E-state index contributed by atoms with van der Waals surface area (Å²) in [6, 6.07) is 0. The zero-order valence-electron chi connectivity index (χ0n) is 9.53. The molecule has 1 unspecified atom stereocenters. The van der Waals surface area contributed by atoms with E-state index in [1.807, 2.05) is 11.8 Å². The molecule has 1 atom stereocenters. The van der Waals surface area contributed by atoms with Gasteiger partial charge >= 0.3 is 0 Å². The topological polar surface area (TPSA) is 39.1 Å². The lowest BCUT2D eigenvalue weighted by molar-refractivity contribution is 0.0580. The Morgan fingerprint density at radius 3 is 3.38 bits per heavy atom. The number of hydrogen-bond donors (Lipinski definition) is 1. The zero-order valence-corrected chi connectivity index (χ0v) is 10.3. The van der Waals surface area contributed by atoms with Crippen molar-refractivity contribution in [3.05, 3.63) is 11.4 Å². The van der Waals surface area contributed by atoms with Crippen LogP contribution in [-0.4, -0.2) is 35.0 Å². The van der Waals surface area contributed by atoms with Crippen LogP contribution in [0.25, 0.3) is 0 Å². The third-order valence-corrected chi connectivity index (χ3v) is 4.14. The summed E-state index contributed by atoms with van der Waals surface area (Å²) < 4.78 is 8.26. The fourth-order valence-corrected chi connectivity index (χ4v) is 3.45. The van der Waals surface area contributed by atoms with Gasteiger partial charge in [-0.3, -0.25) is 0 Å². The van der Waals surface area contributed by atoms with Crippen molar-refractivity contribution in [2.24, 2.45) is 0 Å². The number of imidazole rings is 1. The van der Waals surface area contributed by atoms with Crippen LogP contribution in [0.2, 0.25) is 0 Å². The molecular weight excluding hydrogens is 222 g/mol. The van der Waals surface area contributed by atoms with Gasteiger partial charge in [0.05, 0.1) is 18.0 Å². The van der Waals surface area contributed by atoms with Crippen LogP contribution in [0.1, 0.15) is 23.9 Å². The van der Waals surface area contributed by atoms with Gasteiger partial charge in [0.2, 0.25) is 0 Å². The number of thioether (sulfide) groups is 1. The highest BCUT2D eigenvalue weighted by Gasteiger charge is 2.26. The van der Waals surface area contributed by atoms with Crippen LogP contribution in [0.15, 0.2) is 5.16 Å². The van der Waals surface area contributed by atoms with Crippen LogP contribution in [0, 0.1) is 6.92 Å². The maximum atomic E-state index is 5.92. The Bertz CT molecular complexity index is 383. The molecule has 0 saturated carbocycles. The summed E-state index contributed by atoms with van der Waals surface area (Å²) in [4.78, 5) is 4.62. The number of nitrogens with one attached hydrogen (secondary N) is 1. The minimum Gasteiger partial charge on any atom is -0.371 e. The molecule has 1 N–H and O–H groups in total. The second kappa shape index (κ2) is 4.39. The van der Waals surface area contributed by atoms with Gasteiger partial charge in [0.1, 0.15) is 6.10 Å². The molecule has 2 aliphatic heterocycles. The van der Waals surface area contributed by atoms with Crippen molar-refractivity contribution in [2.75, 3.05) is 25.4 Å². The molecule has 3 rings (SSSR count). The molecule has 1 aromatic rings. The van der Waals surface area contributed by atoms with Crippen LogP contribution in [-0.2, 0) is 11.3 Å². The summed E-state index contributed by atoms with van der Waals surface area (Å²) in [5, 5.41) is 4.54. The molecule has 2 aliphatic rings. The normalized spacial score (nSPS) is 25.4. The lowest BCUT2D eigenvalue weighted by Crippen LogP contribution is -2.16. The van der Waals surface area contributed by atoms with Crippen molar-refractivity contribution in [2.45, 2.75) is 31.1 Å². The van der Waals surface area contributed by atoms with Crippen LogP contribution in [0.4, 0.5) is 0 Å². The van der Waals surface area contributed by atoms with E-state index in [9.17, 15) is 0 Å².